The summed E-state index contributed by atoms with van der Waals surface area (Å²) in [7, 11) is 0. The molecule has 1 aromatic heterocycles. The van der Waals surface area contributed by atoms with Gasteiger partial charge in [0.2, 0.25) is 11.8 Å². The standard InChI is InChI=1S/C20H20FN3O2S/c1-13(2)27-17-9-5-15(6-10-17)12-19-23-24-20(26-19)22-18(25)11-14-3-7-16(21)8-4-14/h3-10,13H,11-12H2,1-2H3,(H,22,24,25). The third kappa shape index (κ3) is 5.92. The molecule has 0 saturated heterocycles. The largest absolute Gasteiger partial charge is 0.407 e. The normalized spacial score (nSPS) is 11.0. The Bertz CT molecular complexity index is 892. The van der Waals surface area contributed by atoms with Gasteiger partial charge in [0.1, 0.15) is 5.82 Å². The second-order valence-corrected chi connectivity index (χ2v) is 7.99. The number of carbonyl (C=O) groups excluding carboxylic acids is 1. The van der Waals surface area contributed by atoms with Crippen LogP contribution in [0, 0.1) is 5.82 Å². The fourth-order valence-electron chi connectivity index (χ4n) is 2.46. The van der Waals surface area contributed by atoms with E-state index in [9.17, 15) is 9.18 Å². The molecule has 0 saturated carbocycles. The summed E-state index contributed by atoms with van der Waals surface area (Å²) in [6.45, 7) is 4.31. The quantitative estimate of drug-likeness (QED) is 0.607. The first-order valence-electron chi connectivity index (χ1n) is 8.60. The van der Waals surface area contributed by atoms with Crippen LogP contribution in [0.15, 0.2) is 57.8 Å². The highest BCUT2D eigenvalue weighted by molar-refractivity contribution is 7.99. The van der Waals surface area contributed by atoms with E-state index >= 15 is 0 Å². The topological polar surface area (TPSA) is 68.0 Å². The number of nitrogens with zero attached hydrogens (tertiary/aromatic N) is 2. The fraction of sp³-hybridized carbons (Fsp3) is 0.250. The molecule has 5 nitrogen and oxygen atoms in total. The van der Waals surface area contributed by atoms with E-state index in [1.54, 1.807) is 23.9 Å². The van der Waals surface area contributed by atoms with Crippen LogP contribution in [0.2, 0.25) is 0 Å². The molecule has 27 heavy (non-hydrogen) atoms. The molecule has 0 aliphatic rings. The van der Waals surface area contributed by atoms with Gasteiger partial charge in [-0.05, 0) is 35.4 Å². The van der Waals surface area contributed by atoms with Crippen LogP contribution in [0.25, 0.3) is 0 Å². The van der Waals surface area contributed by atoms with Gasteiger partial charge in [-0.3, -0.25) is 10.1 Å². The molecule has 0 bridgehead atoms. The Kier molecular flexibility index (Phi) is 6.24. The van der Waals surface area contributed by atoms with Crippen molar-refractivity contribution in [3.05, 3.63) is 71.4 Å². The maximum atomic E-state index is 12.9. The highest BCUT2D eigenvalue weighted by Gasteiger charge is 2.11. The second kappa shape index (κ2) is 8.81. The number of aromatic nitrogens is 2. The lowest BCUT2D eigenvalue weighted by Crippen LogP contribution is -2.14. The van der Waals surface area contributed by atoms with E-state index in [1.165, 1.54) is 17.0 Å². The number of carbonyl (C=O) groups is 1. The van der Waals surface area contributed by atoms with Crippen LogP contribution in [0.1, 0.15) is 30.9 Å². The van der Waals surface area contributed by atoms with Crippen LogP contribution in [-0.2, 0) is 17.6 Å². The Balaban J connectivity index is 1.54. The van der Waals surface area contributed by atoms with Crippen molar-refractivity contribution in [2.24, 2.45) is 0 Å². The number of halogens is 1. The number of thioether (sulfide) groups is 1. The Morgan fingerprint density at radius 1 is 1.07 bits per heavy atom. The lowest BCUT2D eigenvalue weighted by molar-refractivity contribution is -0.115. The van der Waals surface area contributed by atoms with Gasteiger partial charge in [-0.25, -0.2) is 4.39 Å². The molecule has 7 heteroatoms. The van der Waals surface area contributed by atoms with E-state index in [2.05, 4.69) is 41.5 Å². The minimum atomic E-state index is -0.337. The summed E-state index contributed by atoms with van der Waals surface area (Å²) >= 11 is 1.81. The molecule has 0 fully saturated rings. The first-order chi connectivity index (χ1) is 13.0. The summed E-state index contributed by atoms with van der Waals surface area (Å²) < 4.78 is 18.4. The van der Waals surface area contributed by atoms with Crippen molar-refractivity contribution >= 4 is 23.7 Å². The van der Waals surface area contributed by atoms with Crippen LogP contribution in [0.5, 0.6) is 0 Å². The van der Waals surface area contributed by atoms with Crippen molar-refractivity contribution in [3.63, 3.8) is 0 Å². The zero-order valence-corrected chi connectivity index (χ0v) is 15.9. The Hall–Kier alpha value is -2.67. The number of nitrogens with one attached hydrogen (secondary N) is 1. The minimum absolute atomic E-state index is 0.0593. The van der Waals surface area contributed by atoms with Gasteiger partial charge in [0.25, 0.3) is 0 Å². The molecule has 1 amide bonds. The van der Waals surface area contributed by atoms with Crippen molar-refractivity contribution in [3.8, 4) is 0 Å². The molecule has 140 valence electrons. The molecule has 0 spiro atoms. The third-order valence-corrected chi connectivity index (χ3v) is 4.66. The van der Waals surface area contributed by atoms with E-state index in [0.717, 1.165) is 5.56 Å². The van der Waals surface area contributed by atoms with Gasteiger partial charge >= 0.3 is 6.01 Å². The van der Waals surface area contributed by atoms with Gasteiger partial charge in [-0.1, -0.05) is 43.2 Å². The number of rotatable bonds is 7. The first-order valence-corrected chi connectivity index (χ1v) is 9.48. The summed E-state index contributed by atoms with van der Waals surface area (Å²) in [4.78, 5) is 13.2. The fourth-order valence-corrected chi connectivity index (χ4v) is 3.30. The van der Waals surface area contributed by atoms with E-state index in [4.69, 9.17) is 4.42 Å². The number of amides is 1. The zero-order valence-electron chi connectivity index (χ0n) is 15.1. The number of anilines is 1. The Morgan fingerprint density at radius 3 is 2.41 bits per heavy atom. The maximum absolute atomic E-state index is 12.9. The molecule has 0 aliphatic heterocycles. The van der Waals surface area contributed by atoms with E-state index < -0.39 is 0 Å². The van der Waals surface area contributed by atoms with Gasteiger partial charge in [-0.15, -0.1) is 16.9 Å². The van der Waals surface area contributed by atoms with Gasteiger partial charge in [0, 0.05) is 10.1 Å². The van der Waals surface area contributed by atoms with Crippen LogP contribution in [0.4, 0.5) is 10.4 Å². The average Bonchev–Trinajstić information content (AvgIpc) is 3.05. The molecule has 0 aliphatic carbocycles. The van der Waals surface area contributed by atoms with Crippen LogP contribution >= 0.6 is 11.8 Å². The SMILES string of the molecule is CC(C)Sc1ccc(Cc2nnc(NC(=O)Cc3ccc(F)cc3)o2)cc1. The second-order valence-electron chi connectivity index (χ2n) is 6.34. The molecule has 1 heterocycles. The molecule has 1 N–H and O–H groups in total. The lowest BCUT2D eigenvalue weighted by atomic mass is 10.1. The smallest absolute Gasteiger partial charge is 0.322 e. The average molecular weight is 385 g/mol. The minimum Gasteiger partial charge on any atom is -0.407 e. The monoisotopic (exact) mass is 385 g/mol. The highest BCUT2D eigenvalue weighted by Crippen LogP contribution is 2.23. The Morgan fingerprint density at radius 2 is 1.74 bits per heavy atom. The lowest BCUT2D eigenvalue weighted by Gasteiger charge is -2.05. The molecule has 3 rings (SSSR count). The van der Waals surface area contributed by atoms with E-state index in [-0.39, 0.29) is 24.2 Å². The molecule has 0 radical (unpaired) electrons. The van der Waals surface area contributed by atoms with Crippen LogP contribution in [-0.4, -0.2) is 21.4 Å². The molecule has 2 aromatic carbocycles. The summed E-state index contributed by atoms with van der Waals surface area (Å²) in [5.74, 6) is -0.209. The van der Waals surface area contributed by atoms with Crippen molar-refractivity contribution in [2.45, 2.75) is 36.8 Å². The van der Waals surface area contributed by atoms with Crippen molar-refractivity contribution in [2.75, 3.05) is 5.32 Å². The maximum Gasteiger partial charge on any atom is 0.322 e. The molecule has 0 atom stereocenters. The molecular formula is C20H20FN3O2S. The highest BCUT2D eigenvalue weighted by atomic mass is 32.2. The van der Waals surface area contributed by atoms with Crippen LogP contribution in [0.3, 0.4) is 0 Å². The van der Waals surface area contributed by atoms with E-state index in [0.29, 0.717) is 23.1 Å². The van der Waals surface area contributed by atoms with E-state index in [1.807, 2.05) is 12.1 Å². The van der Waals surface area contributed by atoms with Gasteiger partial charge in [0.05, 0.1) is 12.8 Å². The van der Waals surface area contributed by atoms with Crippen LogP contribution < -0.4 is 5.32 Å². The van der Waals surface area contributed by atoms with Gasteiger partial charge in [0.15, 0.2) is 0 Å². The predicted molar refractivity (Wildman–Crippen MR) is 103 cm³/mol. The van der Waals surface area contributed by atoms with Gasteiger partial charge < -0.3 is 4.42 Å². The number of hydrogen-bond donors (Lipinski definition) is 1. The number of hydrogen-bond acceptors (Lipinski definition) is 5. The zero-order chi connectivity index (χ0) is 19.2. The summed E-state index contributed by atoms with van der Waals surface area (Å²) in [5, 5.41) is 10.9. The van der Waals surface area contributed by atoms with Gasteiger partial charge in [-0.2, -0.15) is 0 Å². The first kappa shape index (κ1) is 19.1. The third-order valence-electron chi connectivity index (χ3n) is 3.64. The molecule has 3 aromatic rings. The summed E-state index contributed by atoms with van der Waals surface area (Å²) in [6.07, 6.45) is 0.598. The summed E-state index contributed by atoms with van der Waals surface area (Å²) in [6, 6.07) is 14.0. The summed E-state index contributed by atoms with van der Waals surface area (Å²) in [5.41, 5.74) is 1.75. The van der Waals surface area contributed by atoms with Crippen molar-refractivity contribution < 1.29 is 13.6 Å². The molecular weight excluding hydrogens is 365 g/mol. The van der Waals surface area contributed by atoms with Crippen molar-refractivity contribution in [1.29, 1.82) is 0 Å². The van der Waals surface area contributed by atoms with Crippen molar-refractivity contribution in [1.82, 2.24) is 10.2 Å². The molecule has 0 unspecified atom stereocenters. The number of benzene rings is 2. The predicted octanol–water partition coefficient (Wildman–Crippen LogP) is 4.48. The Labute approximate surface area is 161 Å².